The Kier molecular flexibility index (Phi) is 6.74. The molecule has 1 aliphatic heterocycles. The molecule has 2 heterocycles. The minimum atomic E-state index is -0.256. The van der Waals surface area contributed by atoms with Crippen molar-refractivity contribution in [3.05, 3.63) is 88.2 Å². The quantitative estimate of drug-likeness (QED) is 0.453. The summed E-state index contributed by atoms with van der Waals surface area (Å²) >= 11 is 3.36. The van der Waals surface area contributed by atoms with Gasteiger partial charge in [0.2, 0.25) is 0 Å². The highest BCUT2D eigenvalue weighted by Crippen LogP contribution is 2.44. The van der Waals surface area contributed by atoms with E-state index in [0.717, 1.165) is 16.7 Å². The monoisotopic (exact) mass is 543 g/mol. The molecular weight excluding hydrogens is 522 g/mol. The van der Waals surface area contributed by atoms with Crippen LogP contribution in [0.4, 0.5) is 4.79 Å². The Bertz CT molecular complexity index is 1030. The molecule has 5 rings (SSSR count). The maximum Gasteiger partial charge on any atom is 0.409 e. The first-order chi connectivity index (χ1) is 14.7. The van der Waals surface area contributed by atoms with Crippen molar-refractivity contribution in [2.24, 2.45) is 0 Å². The fourth-order valence-corrected chi connectivity index (χ4v) is 4.65. The first-order valence-corrected chi connectivity index (χ1v) is 10.9. The summed E-state index contributed by atoms with van der Waals surface area (Å²) in [5.41, 5.74) is 5.99. The van der Waals surface area contributed by atoms with E-state index in [1.807, 2.05) is 30.5 Å². The van der Waals surface area contributed by atoms with Gasteiger partial charge < -0.3 is 15.0 Å². The van der Waals surface area contributed by atoms with Gasteiger partial charge in [0.1, 0.15) is 11.2 Å². The number of aromatic nitrogens is 1. The fourth-order valence-electron chi connectivity index (χ4n) is 4.42. The predicted molar refractivity (Wildman–Crippen MR) is 130 cm³/mol. The number of benzene rings is 2. The number of piperazine rings is 1. The van der Waals surface area contributed by atoms with E-state index in [9.17, 15) is 4.79 Å². The molecule has 3 aromatic rings. The molecular formula is C24H23Br2N3O2. The van der Waals surface area contributed by atoms with Crippen LogP contribution in [0.2, 0.25) is 0 Å². The Balaban J connectivity index is 0.00000231. The topological polar surface area (TPSA) is 54.5 Å². The number of carbonyl (C=O) groups is 1. The third-order valence-corrected chi connectivity index (χ3v) is 6.39. The third kappa shape index (κ3) is 4.40. The zero-order chi connectivity index (χ0) is 20.5. The van der Waals surface area contributed by atoms with E-state index in [1.54, 1.807) is 4.90 Å². The van der Waals surface area contributed by atoms with Crippen LogP contribution in [0.25, 0.3) is 11.1 Å². The van der Waals surface area contributed by atoms with Crippen molar-refractivity contribution in [1.29, 1.82) is 0 Å². The molecule has 1 aromatic heterocycles. The van der Waals surface area contributed by atoms with Crippen molar-refractivity contribution in [3.63, 3.8) is 0 Å². The number of halogens is 2. The van der Waals surface area contributed by atoms with Gasteiger partial charge in [-0.1, -0.05) is 54.6 Å². The molecule has 1 amide bonds. The second-order valence-electron chi connectivity index (χ2n) is 7.67. The van der Waals surface area contributed by atoms with E-state index in [4.69, 9.17) is 4.74 Å². The smallest absolute Gasteiger partial charge is 0.409 e. The molecule has 2 aliphatic rings. The van der Waals surface area contributed by atoms with Gasteiger partial charge in [-0.25, -0.2) is 9.78 Å². The van der Waals surface area contributed by atoms with Crippen molar-refractivity contribution in [2.45, 2.75) is 12.0 Å². The second-order valence-corrected chi connectivity index (χ2v) is 8.48. The number of ether oxygens (including phenoxy) is 1. The van der Waals surface area contributed by atoms with Gasteiger partial charge in [0, 0.05) is 31.7 Å². The Morgan fingerprint density at radius 2 is 1.74 bits per heavy atom. The van der Waals surface area contributed by atoms with Crippen LogP contribution in [0.1, 0.15) is 28.7 Å². The molecule has 1 fully saturated rings. The number of hydrogen-bond donors (Lipinski definition) is 1. The number of nitrogens with zero attached hydrogens (tertiary/aromatic N) is 2. The molecule has 0 radical (unpaired) electrons. The third-order valence-electron chi connectivity index (χ3n) is 5.92. The Morgan fingerprint density at radius 1 is 1.06 bits per heavy atom. The number of pyridine rings is 1. The first-order valence-electron chi connectivity index (χ1n) is 10.2. The summed E-state index contributed by atoms with van der Waals surface area (Å²) in [7, 11) is 0. The largest absolute Gasteiger partial charge is 0.448 e. The number of hydrogen-bond acceptors (Lipinski definition) is 4. The lowest BCUT2D eigenvalue weighted by Gasteiger charge is -2.33. The van der Waals surface area contributed by atoms with Crippen LogP contribution in [0, 0.1) is 0 Å². The summed E-state index contributed by atoms with van der Waals surface area (Å²) < 4.78 is 6.62. The zero-order valence-electron chi connectivity index (χ0n) is 16.8. The summed E-state index contributed by atoms with van der Waals surface area (Å²) in [5.74, 6) is 0.0794. The van der Waals surface area contributed by atoms with Gasteiger partial charge >= 0.3 is 6.09 Å². The SMILES string of the molecule is Br.O=C(OCC1c2ccccc2-c2ccccc21)N1CCNC(c2ccc(Br)nc2)C1. The zero-order valence-corrected chi connectivity index (χ0v) is 20.1. The predicted octanol–water partition coefficient (Wildman–Crippen LogP) is 5.32. The molecule has 160 valence electrons. The van der Waals surface area contributed by atoms with Crippen LogP contribution < -0.4 is 5.32 Å². The van der Waals surface area contributed by atoms with Crippen LogP contribution in [0.3, 0.4) is 0 Å². The number of carbonyl (C=O) groups excluding carboxylic acids is 1. The van der Waals surface area contributed by atoms with Gasteiger partial charge in [0.15, 0.2) is 0 Å². The van der Waals surface area contributed by atoms with Gasteiger partial charge in [0.25, 0.3) is 0 Å². The second kappa shape index (κ2) is 9.51. The Labute approximate surface area is 200 Å². The highest BCUT2D eigenvalue weighted by molar-refractivity contribution is 9.10. The number of fused-ring (bicyclic) bond motifs is 3. The number of amides is 1. The lowest BCUT2D eigenvalue weighted by molar-refractivity contribution is 0.0883. The number of nitrogens with one attached hydrogen (secondary N) is 1. The molecule has 1 N–H and O–H groups in total. The molecule has 0 bridgehead atoms. The van der Waals surface area contributed by atoms with E-state index in [-0.39, 0.29) is 35.0 Å². The maximum absolute atomic E-state index is 12.9. The van der Waals surface area contributed by atoms with Gasteiger partial charge in [-0.05, 0) is 49.8 Å². The van der Waals surface area contributed by atoms with E-state index >= 15 is 0 Å². The van der Waals surface area contributed by atoms with Crippen LogP contribution >= 0.6 is 32.9 Å². The molecule has 1 atom stereocenters. The lowest BCUT2D eigenvalue weighted by atomic mass is 9.98. The Hall–Kier alpha value is -2.22. The standard InChI is InChI=1S/C24H22BrN3O2.BrH/c25-23-10-9-16(13-27-23)22-14-28(12-11-26-22)24(29)30-15-21-19-7-3-1-5-17(19)18-6-2-4-8-20(18)21;/h1-10,13,21-22,26H,11-12,14-15H2;1H. The van der Waals surface area contributed by atoms with Gasteiger partial charge in [0.05, 0.1) is 6.04 Å². The van der Waals surface area contributed by atoms with Gasteiger partial charge in [-0.2, -0.15) is 0 Å². The molecule has 1 saturated heterocycles. The molecule has 1 unspecified atom stereocenters. The summed E-state index contributed by atoms with van der Waals surface area (Å²) in [5, 5.41) is 3.46. The fraction of sp³-hybridized carbons (Fsp3) is 0.250. The minimum Gasteiger partial charge on any atom is -0.448 e. The summed E-state index contributed by atoms with van der Waals surface area (Å²) in [6.07, 6.45) is 1.58. The van der Waals surface area contributed by atoms with Crippen molar-refractivity contribution < 1.29 is 9.53 Å². The van der Waals surface area contributed by atoms with Gasteiger partial charge in [-0.15, -0.1) is 17.0 Å². The highest BCUT2D eigenvalue weighted by Gasteiger charge is 2.31. The normalized spacial score (nSPS) is 17.5. The average molecular weight is 545 g/mol. The van der Waals surface area contributed by atoms with E-state index in [2.05, 4.69) is 62.6 Å². The average Bonchev–Trinajstić information content (AvgIpc) is 3.12. The van der Waals surface area contributed by atoms with Crippen LogP contribution in [-0.2, 0) is 4.74 Å². The van der Waals surface area contributed by atoms with Gasteiger partial charge in [-0.3, -0.25) is 0 Å². The number of rotatable bonds is 3. The lowest BCUT2D eigenvalue weighted by Crippen LogP contribution is -2.48. The first kappa shape index (κ1) is 22.0. The molecule has 5 nitrogen and oxygen atoms in total. The summed E-state index contributed by atoms with van der Waals surface area (Å²) in [6.45, 7) is 2.28. The van der Waals surface area contributed by atoms with Crippen molar-refractivity contribution in [3.8, 4) is 11.1 Å². The van der Waals surface area contributed by atoms with Crippen molar-refractivity contribution in [2.75, 3.05) is 26.2 Å². The highest BCUT2D eigenvalue weighted by atomic mass is 79.9. The molecule has 7 heteroatoms. The van der Waals surface area contributed by atoms with Crippen molar-refractivity contribution >= 4 is 39.0 Å². The molecule has 0 spiro atoms. The molecule has 1 aliphatic carbocycles. The van der Waals surface area contributed by atoms with E-state index < -0.39 is 0 Å². The molecule has 2 aromatic carbocycles. The van der Waals surface area contributed by atoms with Crippen LogP contribution in [0.15, 0.2) is 71.5 Å². The molecule has 0 saturated carbocycles. The minimum absolute atomic E-state index is 0. The Morgan fingerprint density at radius 3 is 2.39 bits per heavy atom. The maximum atomic E-state index is 12.9. The van der Waals surface area contributed by atoms with E-state index in [1.165, 1.54) is 22.3 Å². The molecule has 31 heavy (non-hydrogen) atoms. The summed E-state index contributed by atoms with van der Waals surface area (Å²) in [4.78, 5) is 18.9. The van der Waals surface area contributed by atoms with Crippen LogP contribution in [-0.4, -0.2) is 42.2 Å². The van der Waals surface area contributed by atoms with Crippen molar-refractivity contribution in [1.82, 2.24) is 15.2 Å². The van der Waals surface area contributed by atoms with E-state index in [0.29, 0.717) is 19.7 Å². The van der Waals surface area contributed by atoms with Crippen LogP contribution in [0.5, 0.6) is 0 Å². The summed E-state index contributed by atoms with van der Waals surface area (Å²) in [6, 6.07) is 20.8.